The Kier molecular flexibility index (Phi) is 5.00. The monoisotopic (exact) mass is 444 g/mol. The maximum Gasteiger partial charge on any atom is 0.165 e. The summed E-state index contributed by atoms with van der Waals surface area (Å²) >= 11 is 12.6. The van der Waals surface area contributed by atoms with E-state index in [1.807, 2.05) is 18.2 Å². The second-order valence-corrected chi connectivity index (χ2v) is 11.2. The van der Waals surface area contributed by atoms with Gasteiger partial charge in [-0.15, -0.1) is 0 Å². The summed E-state index contributed by atoms with van der Waals surface area (Å²) in [5.41, 5.74) is 3.14. The molecule has 5 rings (SSSR count). The van der Waals surface area contributed by atoms with Crippen molar-refractivity contribution in [2.75, 3.05) is 0 Å². The topological polar surface area (TPSA) is 37.3 Å². The quantitative estimate of drug-likeness (QED) is 0.378. The molecule has 0 aromatic heterocycles. The number of allylic oxidation sites excluding steroid dienone is 2. The Morgan fingerprint density at radius 3 is 2.63 bits per heavy atom. The fourth-order valence-corrected chi connectivity index (χ4v) is 7.62. The number of rotatable bonds is 1. The van der Waals surface area contributed by atoms with E-state index in [-0.39, 0.29) is 16.9 Å². The molecule has 1 aromatic carbocycles. The van der Waals surface area contributed by atoms with Gasteiger partial charge in [-0.3, -0.25) is 4.79 Å². The number of carbonyl (C=O) groups is 1. The van der Waals surface area contributed by atoms with Crippen molar-refractivity contribution in [3.05, 3.63) is 51.0 Å². The van der Waals surface area contributed by atoms with Crippen molar-refractivity contribution in [2.24, 2.45) is 28.6 Å². The van der Waals surface area contributed by atoms with Gasteiger partial charge in [0, 0.05) is 5.41 Å². The van der Waals surface area contributed by atoms with Crippen LogP contribution in [0.1, 0.15) is 64.4 Å². The molecule has 160 valence electrons. The maximum atomic E-state index is 13.5. The van der Waals surface area contributed by atoms with Gasteiger partial charge >= 0.3 is 0 Å². The van der Waals surface area contributed by atoms with Gasteiger partial charge in [0.2, 0.25) is 0 Å². The average molecular weight is 445 g/mol. The van der Waals surface area contributed by atoms with Crippen LogP contribution in [0.15, 0.2) is 35.4 Å². The van der Waals surface area contributed by atoms with Crippen LogP contribution in [0.3, 0.4) is 0 Å². The minimum absolute atomic E-state index is 0.181. The number of fused-ring (bicyclic) bond motifs is 5. The molecule has 3 fully saturated rings. The number of halogens is 2. The summed E-state index contributed by atoms with van der Waals surface area (Å²) in [4.78, 5) is 13.5. The Balaban J connectivity index is 1.49. The minimum atomic E-state index is -0.270. The van der Waals surface area contributed by atoms with Gasteiger partial charge < -0.3 is 5.11 Å². The SMILES string of the molecule is CC12CCC3C(CC=C4CC(O)CCC43C)C1C/C(=C/c1cccc(Cl)c1Cl)C2=O. The second-order valence-electron chi connectivity index (χ2n) is 10.5. The summed E-state index contributed by atoms with van der Waals surface area (Å²) in [6, 6.07) is 5.60. The lowest BCUT2D eigenvalue weighted by Crippen LogP contribution is -2.50. The largest absolute Gasteiger partial charge is 0.393 e. The predicted molar refractivity (Wildman–Crippen MR) is 123 cm³/mol. The van der Waals surface area contributed by atoms with Crippen LogP contribution in [0.25, 0.3) is 6.08 Å². The maximum absolute atomic E-state index is 13.5. The molecule has 0 spiro atoms. The summed E-state index contributed by atoms with van der Waals surface area (Å²) in [5, 5.41) is 11.2. The summed E-state index contributed by atoms with van der Waals surface area (Å²) in [7, 11) is 0. The molecule has 4 heteroatoms. The summed E-state index contributed by atoms with van der Waals surface area (Å²) in [6.45, 7) is 4.62. The average Bonchev–Trinajstić information content (AvgIpc) is 2.97. The number of hydrogen-bond donors (Lipinski definition) is 1. The van der Waals surface area contributed by atoms with Crippen LogP contribution in [0, 0.1) is 28.6 Å². The molecule has 1 aromatic rings. The summed E-state index contributed by atoms with van der Waals surface area (Å²) in [6.07, 6.45) is 11.0. The molecular weight excluding hydrogens is 415 g/mol. The van der Waals surface area contributed by atoms with Gasteiger partial charge in [-0.2, -0.15) is 0 Å². The van der Waals surface area contributed by atoms with Crippen molar-refractivity contribution in [3.63, 3.8) is 0 Å². The lowest BCUT2D eigenvalue weighted by molar-refractivity contribution is -0.130. The van der Waals surface area contributed by atoms with Gasteiger partial charge in [-0.05, 0) is 91.4 Å². The number of benzene rings is 1. The van der Waals surface area contributed by atoms with Crippen LogP contribution >= 0.6 is 23.2 Å². The number of carbonyl (C=O) groups excluding carboxylic acids is 1. The van der Waals surface area contributed by atoms with E-state index in [1.54, 1.807) is 6.07 Å². The first-order valence-electron chi connectivity index (χ1n) is 11.3. The van der Waals surface area contributed by atoms with E-state index in [1.165, 1.54) is 5.57 Å². The van der Waals surface area contributed by atoms with E-state index in [9.17, 15) is 9.90 Å². The Labute approximate surface area is 189 Å². The molecule has 0 amide bonds. The fourth-order valence-electron chi connectivity index (χ4n) is 7.26. The molecular formula is C26H30Cl2O2. The van der Waals surface area contributed by atoms with E-state index >= 15 is 0 Å². The first kappa shape index (κ1) is 20.8. The third-order valence-electron chi connectivity index (χ3n) is 9.03. The normalized spacial score (nSPS) is 41.8. The molecule has 30 heavy (non-hydrogen) atoms. The third kappa shape index (κ3) is 2.98. The fraction of sp³-hybridized carbons (Fsp3) is 0.577. The second kappa shape index (κ2) is 7.22. The first-order chi connectivity index (χ1) is 14.2. The highest BCUT2D eigenvalue weighted by Gasteiger charge is 2.59. The standard InChI is InChI=1S/C26H30Cl2O2/c1-25-10-8-18(29)14-17(25)6-7-19-20(25)9-11-26(2)21(19)13-16(24(26)30)12-15-4-3-5-22(27)23(15)28/h3-6,12,18-21,29H,7-11,13-14H2,1-2H3/b16-12-. The van der Waals surface area contributed by atoms with Crippen molar-refractivity contribution in [2.45, 2.75) is 64.9 Å². The van der Waals surface area contributed by atoms with Gasteiger partial charge in [0.1, 0.15) is 0 Å². The highest BCUT2D eigenvalue weighted by atomic mass is 35.5. The zero-order valence-corrected chi connectivity index (χ0v) is 19.3. The number of aliphatic hydroxyl groups excluding tert-OH is 1. The van der Waals surface area contributed by atoms with Crippen molar-refractivity contribution >= 4 is 35.1 Å². The van der Waals surface area contributed by atoms with Gasteiger partial charge in [-0.25, -0.2) is 0 Å². The molecule has 0 radical (unpaired) electrons. The van der Waals surface area contributed by atoms with Gasteiger partial charge in [0.05, 0.1) is 16.1 Å². The molecule has 0 bridgehead atoms. The number of hydrogen-bond acceptors (Lipinski definition) is 2. The zero-order valence-electron chi connectivity index (χ0n) is 17.8. The number of ketones is 1. The molecule has 6 unspecified atom stereocenters. The van der Waals surface area contributed by atoms with Crippen LogP contribution in [-0.4, -0.2) is 17.0 Å². The number of Topliss-reactive ketones (excluding diaryl/α,β-unsaturated/α-hetero) is 1. The van der Waals surface area contributed by atoms with Gasteiger partial charge in [-0.1, -0.05) is 60.8 Å². The smallest absolute Gasteiger partial charge is 0.165 e. The minimum Gasteiger partial charge on any atom is -0.393 e. The highest BCUT2D eigenvalue weighted by molar-refractivity contribution is 6.43. The Morgan fingerprint density at radius 2 is 1.83 bits per heavy atom. The van der Waals surface area contributed by atoms with Gasteiger partial charge in [0.15, 0.2) is 5.78 Å². The third-order valence-corrected chi connectivity index (χ3v) is 9.86. The van der Waals surface area contributed by atoms with Crippen LogP contribution in [0.4, 0.5) is 0 Å². The Hall–Kier alpha value is -1.09. The van der Waals surface area contributed by atoms with Crippen LogP contribution < -0.4 is 0 Å². The van der Waals surface area contributed by atoms with Crippen molar-refractivity contribution in [3.8, 4) is 0 Å². The molecule has 2 nitrogen and oxygen atoms in total. The number of aliphatic hydroxyl groups is 1. The molecule has 0 saturated heterocycles. The molecule has 0 heterocycles. The Morgan fingerprint density at radius 1 is 1.07 bits per heavy atom. The summed E-state index contributed by atoms with van der Waals surface area (Å²) in [5.74, 6) is 1.85. The first-order valence-corrected chi connectivity index (χ1v) is 12.1. The van der Waals surface area contributed by atoms with E-state index in [0.717, 1.165) is 56.1 Å². The Bertz CT molecular complexity index is 964. The molecule has 4 aliphatic rings. The van der Waals surface area contributed by atoms with E-state index < -0.39 is 0 Å². The van der Waals surface area contributed by atoms with E-state index in [4.69, 9.17) is 23.2 Å². The lowest BCUT2D eigenvalue weighted by Gasteiger charge is -2.56. The van der Waals surface area contributed by atoms with Crippen molar-refractivity contribution < 1.29 is 9.90 Å². The molecule has 6 atom stereocenters. The molecule has 4 aliphatic carbocycles. The van der Waals surface area contributed by atoms with Gasteiger partial charge in [0.25, 0.3) is 0 Å². The molecule has 0 aliphatic heterocycles. The molecule has 3 saturated carbocycles. The van der Waals surface area contributed by atoms with Crippen LogP contribution in [-0.2, 0) is 4.79 Å². The zero-order chi connectivity index (χ0) is 21.3. The van der Waals surface area contributed by atoms with E-state index in [0.29, 0.717) is 33.6 Å². The van der Waals surface area contributed by atoms with Crippen molar-refractivity contribution in [1.29, 1.82) is 0 Å². The highest BCUT2D eigenvalue weighted by Crippen LogP contribution is 2.64. The van der Waals surface area contributed by atoms with Crippen molar-refractivity contribution in [1.82, 2.24) is 0 Å². The van der Waals surface area contributed by atoms with Crippen LogP contribution in [0.5, 0.6) is 0 Å². The summed E-state index contributed by atoms with van der Waals surface area (Å²) < 4.78 is 0. The van der Waals surface area contributed by atoms with E-state index in [2.05, 4.69) is 19.9 Å². The predicted octanol–water partition coefficient (Wildman–Crippen LogP) is 6.88. The lowest BCUT2D eigenvalue weighted by atomic mass is 9.48. The molecule has 1 N–H and O–H groups in total. The van der Waals surface area contributed by atoms with Crippen LogP contribution in [0.2, 0.25) is 10.0 Å².